The first kappa shape index (κ1) is 26.5. The van der Waals surface area contributed by atoms with Gasteiger partial charge in [0, 0.05) is 34.9 Å². The van der Waals surface area contributed by atoms with Crippen molar-refractivity contribution in [1.29, 1.82) is 0 Å². The fraction of sp³-hybridized carbons (Fsp3) is 0.433. The SMILES string of the molecule is CCCCOC(=O)C1C(C)=NC2=C(C(=O)C[C@@H](c3ccc(OC)c(OC)c3)C2)[C@@H]1c1ccccc1OC. The molecule has 1 aliphatic carbocycles. The summed E-state index contributed by atoms with van der Waals surface area (Å²) in [5, 5.41) is 0. The highest BCUT2D eigenvalue weighted by Crippen LogP contribution is 2.49. The van der Waals surface area contributed by atoms with Crippen LogP contribution in [0.5, 0.6) is 17.2 Å². The molecule has 1 aliphatic heterocycles. The lowest BCUT2D eigenvalue weighted by Crippen LogP contribution is -2.38. The highest BCUT2D eigenvalue weighted by molar-refractivity contribution is 6.09. The van der Waals surface area contributed by atoms with Crippen LogP contribution < -0.4 is 14.2 Å². The van der Waals surface area contributed by atoms with E-state index in [1.165, 1.54) is 0 Å². The van der Waals surface area contributed by atoms with E-state index in [9.17, 15) is 9.59 Å². The summed E-state index contributed by atoms with van der Waals surface area (Å²) in [7, 11) is 4.79. The molecule has 0 amide bonds. The Hall–Kier alpha value is -3.61. The number of ether oxygens (including phenoxy) is 4. The average molecular weight is 506 g/mol. The van der Waals surface area contributed by atoms with E-state index in [1.807, 2.05) is 56.3 Å². The Labute approximate surface area is 218 Å². The molecule has 0 saturated carbocycles. The van der Waals surface area contributed by atoms with Crippen molar-refractivity contribution in [2.45, 2.75) is 51.4 Å². The molecule has 2 aromatic carbocycles. The van der Waals surface area contributed by atoms with E-state index in [1.54, 1.807) is 21.3 Å². The van der Waals surface area contributed by atoms with Gasteiger partial charge in [0.15, 0.2) is 17.3 Å². The maximum absolute atomic E-state index is 13.8. The number of ketones is 1. The second-order valence-electron chi connectivity index (χ2n) is 9.47. The van der Waals surface area contributed by atoms with Gasteiger partial charge in [-0.05, 0) is 49.4 Å². The van der Waals surface area contributed by atoms with Crippen molar-refractivity contribution in [2.24, 2.45) is 10.9 Å². The van der Waals surface area contributed by atoms with Crippen LogP contribution in [0.1, 0.15) is 62.5 Å². The topological polar surface area (TPSA) is 83.4 Å². The first-order valence-electron chi connectivity index (χ1n) is 12.8. The van der Waals surface area contributed by atoms with E-state index in [4.69, 9.17) is 23.9 Å². The van der Waals surface area contributed by atoms with Crippen molar-refractivity contribution >= 4 is 17.5 Å². The van der Waals surface area contributed by atoms with Crippen molar-refractivity contribution < 1.29 is 28.5 Å². The average Bonchev–Trinajstić information content (AvgIpc) is 2.91. The van der Waals surface area contributed by atoms with Crippen LogP contribution in [0, 0.1) is 5.92 Å². The quantitative estimate of drug-likeness (QED) is 0.324. The molecule has 0 saturated heterocycles. The number of carbonyl (C=O) groups is 2. The Morgan fingerprint density at radius 2 is 1.70 bits per heavy atom. The number of allylic oxidation sites excluding steroid dienone is 2. The number of aliphatic imine (C=N–C) groups is 1. The van der Waals surface area contributed by atoms with Gasteiger partial charge < -0.3 is 18.9 Å². The number of hydrogen-bond donors (Lipinski definition) is 0. The van der Waals surface area contributed by atoms with Crippen LogP contribution in [0.2, 0.25) is 0 Å². The number of esters is 1. The van der Waals surface area contributed by atoms with Crippen LogP contribution in [0.4, 0.5) is 0 Å². The molecule has 4 rings (SSSR count). The predicted octanol–water partition coefficient (Wildman–Crippen LogP) is 5.63. The zero-order chi connectivity index (χ0) is 26.5. The molecule has 7 heteroatoms. The molecule has 0 N–H and O–H groups in total. The molecule has 1 heterocycles. The largest absolute Gasteiger partial charge is 0.496 e. The van der Waals surface area contributed by atoms with Gasteiger partial charge in [0.05, 0.1) is 27.9 Å². The van der Waals surface area contributed by atoms with E-state index in [2.05, 4.69) is 0 Å². The van der Waals surface area contributed by atoms with Crippen molar-refractivity contribution in [1.82, 2.24) is 0 Å². The molecule has 2 aromatic rings. The van der Waals surface area contributed by atoms with Gasteiger partial charge >= 0.3 is 5.97 Å². The van der Waals surface area contributed by atoms with Crippen molar-refractivity contribution in [3.05, 3.63) is 64.9 Å². The third-order valence-corrected chi connectivity index (χ3v) is 7.24. The third-order valence-electron chi connectivity index (χ3n) is 7.24. The smallest absolute Gasteiger partial charge is 0.315 e. The molecule has 0 aromatic heterocycles. The summed E-state index contributed by atoms with van der Waals surface area (Å²) in [6.45, 7) is 4.24. The number of nitrogens with zero attached hydrogens (tertiary/aromatic N) is 1. The lowest BCUT2D eigenvalue weighted by atomic mass is 9.69. The van der Waals surface area contributed by atoms with E-state index in [0.717, 1.165) is 29.7 Å². The van der Waals surface area contributed by atoms with Gasteiger partial charge in [-0.2, -0.15) is 0 Å². The molecule has 2 aliphatic rings. The monoisotopic (exact) mass is 505 g/mol. The first-order chi connectivity index (χ1) is 17.9. The Balaban J connectivity index is 1.77. The summed E-state index contributed by atoms with van der Waals surface area (Å²) in [4.78, 5) is 32.0. The van der Waals surface area contributed by atoms with Gasteiger partial charge in [-0.3, -0.25) is 14.6 Å². The molecular weight excluding hydrogens is 470 g/mol. The van der Waals surface area contributed by atoms with Crippen molar-refractivity contribution in [3.63, 3.8) is 0 Å². The number of carbonyl (C=O) groups excluding carboxylic acids is 2. The Bertz CT molecular complexity index is 1230. The Kier molecular flexibility index (Phi) is 8.31. The molecule has 0 radical (unpaired) electrons. The molecule has 37 heavy (non-hydrogen) atoms. The standard InChI is InChI=1S/C30H35NO6/c1-6-7-14-37-30(33)27-18(2)31-22-15-20(19-12-13-25(35-4)26(17-19)36-5)16-23(32)29(22)28(27)21-10-8-9-11-24(21)34-3/h8-13,17,20,27-28H,6-7,14-16H2,1-5H3/t20-,27?,28+/m0/s1. The van der Waals surface area contributed by atoms with Crippen molar-refractivity contribution in [3.8, 4) is 17.2 Å². The highest BCUT2D eigenvalue weighted by Gasteiger charge is 2.45. The minimum absolute atomic E-state index is 0.0143. The molecule has 7 nitrogen and oxygen atoms in total. The van der Waals surface area contributed by atoms with E-state index < -0.39 is 11.8 Å². The predicted molar refractivity (Wildman–Crippen MR) is 142 cm³/mol. The summed E-state index contributed by atoms with van der Waals surface area (Å²) >= 11 is 0. The summed E-state index contributed by atoms with van der Waals surface area (Å²) in [5.74, 6) is 0.263. The minimum Gasteiger partial charge on any atom is -0.496 e. The zero-order valence-electron chi connectivity index (χ0n) is 22.2. The highest BCUT2D eigenvalue weighted by atomic mass is 16.5. The molecular formula is C30H35NO6. The van der Waals surface area contributed by atoms with E-state index in [0.29, 0.717) is 48.0 Å². The summed E-state index contributed by atoms with van der Waals surface area (Å²) < 4.78 is 22.2. The molecule has 3 atom stereocenters. The van der Waals surface area contributed by atoms with Crippen LogP contribution in [-0.4, -0.2) is 45.4 Å². The molecule has 196 valence electrons. The summed E-state index contributed by atoms with van der Waals surface area (Å²) in [6, 6.07) is 13.3. The van der Waals surface area contributed by atoms with Crippen LogP contribution in [0.3, 0.4) is 0 Å². The fourth-order valence-electron chi connectivity index (χ4n) is 5.37. The Morgan fingerprint density at radius 1 is 0.973 bits per heavy atom. The van der Waals surface area contributed by atoms with Crippen LogP contribution in [0.25, 0.3) is 0 Å². The van der Waals surface area contributed by atoms with Crippen LogP contribution >= 0.6 is 0 Å². The molecule has 0 fully saturated rings. The van der Waals surface area contributed by atoms with Gasteiger partial charge in [0.25, 0.3) is 0 Å². The molecule has 1 unspecified atom stereocenters. The number of benzene rings is 2. The van der Waals surface area contributed by atoms with Gasteiger partial charge in [-0.1, -0.05) is 37.6 Å². The number of rotatable bonds is 9. The normalized spacial score (nSPS) is 21.2. The lowest BCUT2D eigenvalue weighted by molar-refractivity contribution is -0.146. The molecule has 0 spiro atoms. The molecule has 0 bridgehead atoms. The maximum Gasteiger partial charge on any atom is 0.315 e. The second kappa shape index (κ2) is 11.6. The number of hydrogen-bond acceptors (Lipinski definition) is 7. The minimum atomic E-state index is -0.687. The lowest BCUT2D eigenvalue weighted by Gasteiger charge is -2.37. The van der Waals surface area contributed by atoms with Crippen LogP contribution in [-0.2, 0) is 14.3 Å². The number of unbranched alkanes of at least 4 members (excludes halogenated alkanes) is 1. The summed E-state index contributed by atoms with van der Waals surface area (Å²) in [5.41, 5.74) is 3.74. The van der Waals surface area contributed by atoms with Crippen molar-refractivity contribution in [2.75, 3.05) is 27.9 Å². The van der Waals surface area contributed by atoms with Crippen LogP contribution in [0.15, 0.2) is 58.7 Å². The van der Waals surface area contributed by atoms with E-state index in [-0.39, 0.29) is 17.7 Å². The second-order valence-corrected chi connectivity index (χ2v) is 9.47. The number of para-hydroxylation sites is 1. The van der Waals surface area contributed by atoms with Gasteiger partial charge in [-0.15, -0.1) is 0 Å². The zero-order valence-corrected chi connectivity index (χ0v) is 22.2. The fourth-order valence-corrected chi connectivity index (χ4v) is 5.37. The van der Waals surface area contributed by atoms with Gasteiger partial charge in [0.2, 0.25) is 0 Å². The van der Waals surface area contributed by atoms with Gasteiger partial charge in [-0.25, -0.2) is 0 Å². The third kappa shape index (κ3) is 5.26. The van der Waals surface area contributed by atoms with Gasteiger partial charge in [0.1, 0.15) is 11.7 Å². The number of methoxy groups -OCH3 is 3. The van der Waals surface area contributed by atoms with E-state index >= 15 is 0 Å². The first-order valence-corrected chi connectivity index (χ1v) is 12.8. The number of Topliss-reactive ketones (excluding diaryl/α,β-unsaturated/α-hetero) is 1. The summed E-state index contributed by atoms with van der Waals surface area (Å²) in [6.07, 6.45) is 2.60. The Morgan fingerprint density at radius 3 is 2.41 bits per heavy atom. The maximum atomic E-state index is 13.8.